The molecule has 6 heteroatoms. The van der Waals surface area contributed by atoms with Crippen LogP contribution < -0.4 is 15.0 Å². The van der Waals surface area contributed by atoms with Crippen LogP contribution in [0, 0.1) is 11.7 Å². The number of anilines is 1. The first kappa shape index (κ1) is 19.4. The maximum Gasteiger partial charge on any atom is 0.244 e. The molecule has 27 heavy (non-hydrogen) atoms. The topological polar surface area (TPSA) is 41.6 Å². The van der Waals surface area contributed by atoms with E-state index in [1.807, 2.05) is 12.1 Å². The molecule has 2 aromatic rings. The van der Waals surface area contributed by atoms with Crippen molar-refractivity contribution in [1.82, 2.24) is 5.32 Å². The predicted octanol–water partition coefficient (Wildman–Crippen LogP) is 4.25. The molecule has 0 saturated carbocycles. The molecule has 1 amide bonds. The number of carbonyl (C=O) groups is 1. The standard InChI is InChI=1S/C21H22BrFN2O2/c1-27-20-7-5-15(11-19(20)23)6-8-21(26)24-13-16-9-10-25(14-16)18-4-2-3-17(22)12-18/h2-8,11-12,16H,9-10,13-14H2,1H3,(H,24,26)/b8-6+. The van der Waals surface area contributed by atoms with Gasteiger partial charge in [0.1, 0.15) is 0 Å². The van der Waals surface area contributed by atoms with Crippen LogP contribution in [-0.4, -0.2) is 32.7 Å². The third-order valence-corrected chi connectivity index (χ3v) is 5.12. The number of hydrogen-bond acceptors (Lipinski definition) is 3. The normalized spacial score (nSPS) is 16.7. The zero-order valence-corrected chi connectivity index (χ0v) is 16.7. The minimum atomic E-state index is -0.446. The van der Waals surface area contributed by atoms with Crippen molar-refractivity contribution >= 4 is 33.6 Å². The van der Waals surface area contributed by atoms with E-state index in [2.05, 4.69) is 38.3 Å². The second kappa shape index (κ2) is 9.04. The Bertz CT molecular complexity index is 841. The Labute approximate surface area is 167 Å². The molecule has 1 saturated heterocycles. The van der Waals surface area contributed by atoms with Crippen molar-refractivity contribution in [1.29, 1.82) is 0 Å². The Morgan fingerprint density at radius 2 is 2.22 bits per heavy atom. The average molecular weight is 433 g/mol. The van der Waals surface area contributed by atoms with E-state index in [0.717, 1.165) is 24.0 Å². The van der Waals surface area contributed by atoms with Crippen LogP contribution in [0.5, 0.6) is 5.75 Å². The summed E-state index contributed by atoms with van der Waals surface area (Å²) < 4.78 is 19.6. The molecule has 0 bridgehead atoms. The molecule has 4 nitrogen and oxygen atoms in total. The summed E-state index contributed by atoms with van der Waals surface area (Å²) in [4.78, 5) is 14.4. The van der Waals surface area contributed by atoms with E-state index in [1.165, 1.54) is 24.9 Å². The molecule has 0 radical (unpaired) electrons. The summed E-state index contributed by atoms with van der Waals surface area (Å²) in [5.74, 6) is -0.0154. The van der Waals surface area contributed by atoms with Crippen molar-refractivity contribution in [2.24, 2.45) is 5.92 Å². The van der Waals surface area contributed by atoms with E-state index in [9.17, 15) is 9.18 Å². The fourth-order valence-corrected chi connectivity index (χ4v) is 3.56. The Morgan fingerprint density at radius 1 is 1.37 bits per heavy atom. The van der Waals surface area contributed by atoms with Crippen LogP contribution in [0.1, 0.15) is 12.0 Å². The third kappa shape index (κ3) is 5.32. The van der Waals surface area contributed by atoms with Gasteiger partial charge in [-0.15, -0.1) is 0 Å². The lowest BCUT2D eigenvalue weighted by atomic mass is 10.1. The number of methoxy groups -OCH3 is 1. The van der Waals surface area contributed by atoms with Crippen LogP contribution in [0.15, 0.2) is 53.0 Å². The molecule has 1 N–H and O–H groups in total. The van der Waals surface area contributed by atoms with Gasteiger partial charge in [-0.05, 0) is 54.3 Å². The maximum absolute atomic E-state index is 13.7. The summed E-state index contributed by atoms with van der Waals surface area (Å²) in [5, 5.41) is 2.94. The first-order valence-corrected chi connectivity index (χ1v) is 9.64. The smallest absolute Gasteiger partial charge is 0.244 e. The minimum Gasteiger partial charge on any atom is -0.494 e. The number of hydrogen-bond donors (Lipinski definition) is 1. The Hall–Kier alpha value is -2.34. The predicted molar refractivity (Wildman–Crippen MR) is 109 cm³/mol. The number of amides is 1. The minimum absolute atomic E-state index is 0.174. The number of rotatable bonds is 6. The summed E-state index contributed by atoms with van der Waals surface area (Å²) in [6, 6.07) is 12.8. The van der Waals surface area contributed by atoms with Gasteiger partial charge in [0.05, 0.1) is 7.11 Å². The van der Waals surface area contributed by atoms with Crippen LogP contribution in [0.2, 0.25) is 0 Å². The molecule has 0 aliphatic carbocycles. The molecule has 0 aromatic heterocycles. The monoisotopic (exact) mass is 432 g/mol. The van der Waals surface area contributed by atoms with Gasteiger partial charge in [-0.2, -0.15) is 0 Å². The quantitative estimate of drug-likeness (QED) is 0.693. The lowest BCUT2D eigenvalue weighted by Gasteiger charge is -2.19. The van der Waals surface area contributed by atoms with Crippen LogP contribution in [0.4, 0.5) is 10.1 Å². The Morgan fingerprint density at radius 3 is 2.96 bits per heavy atom. The molecule has 1 atom stereocenters. The number of ether oxygens (including phenoxy) is 1. The number of carbonyl (C=O) groups excluding carboxylic acids is 1. The fourth-order valence-electron chi connectivity index (χ4n) is 3.17. The highest BCUT2D eigenvalue weighted by Gasteiger charge is 2.22. The van der Waals surface area contributed by atoms with Crippen LogP contribution in [0.3, 0.4) is 0 Å². The summed E-state index contributed by atoms with van der Waals surface area (Å²) in [6.45, 7) is 2.53. The van der Waals surface area contributed by atoms with Crippen molar-refractivity contribution < 1.29 is 13.9 Å². The first-order valence-electron chi connectivity index (χ1n) is 8.85. The average Bonchev–Trinajstić information content (AvgIpc) is 3.14. The number of nitrogens with one attached hydrogen (secondary N) is 1. The summed E-state index contributed by atoms with van der Waals surface area (Å²) in [6.07, 6.45) is 4.07. The van der Waals surface area contributed by atoms with Crippen molar-refractivity contribution in [3.8, 4) is 5.75 Å². The van der Waals surface area contributed by atoms with E-state index in [0.29, 0.717) is 18.0 Å². The summed E-state index contributed by atoms with van der Waals surface area (Å²) in [5.41, 5.74) is 1.81. The molecule has 142 valence electrons. The van der Waals surface area contributed by atoms with Gasteiger partial charge in [0.25, 0.3) is 0 Å². The van der Waals surface area contributed by atoms with Gasteiger partial charge in [0.2, 0.25) is 5.91 Å². The van der Waals surface area contributed by atoms with E-state index < -0.39 is 5.82 Å². The van der Waals surface area contributed by atoms with E-state index in [4.69, 9.17) is 4.74 Å². The highest BCUT2D eigenvalue weighted by atomic mass is 79.9. The molecule has 1 aliphatic rings. The van der Waals surface area contributed by atoms with Gasteiger partial charge in [0.15, 0.2) is 11.6 Å². The van der Waals surface area contributed by atoms with Crippen molar-refractivity contribution in [2.45, 2.75) is 6.42 Å². The van der Waals surface area contributed by atoms with Gasteiger partial charge in [-0.25, -0.2) is 4.39 Å². The van der Waals surface area contributed by atoms with Crippen LogP contribution in [-0.2, 0) is 4.79 Å². The molecule has 1 heterocycles. The fraction of sp³-hybridized carbons (Fsp3) is 0.286. The van der Waals surface area contributed by atoms with Crippen molar-refractivity contribution in [2.75, 3.05) is 31.6 Å². The molecule has 1 aliphatic heterocycles. The molecular weight excluding hydrogens is 411 g/mol. The second-order valence-electron chi connectivity index (χ2n) is 6.55. The zero-order valence-electron chi connectivity index (χ0n) is 15.1. The molecule has 1 fully saturated rings. The van der Waals surface area contributed by atoms with Gasteiger partial charge >= 0.3 is 0 Å². The molecular formula is C21H22BrFN2O2. The second-order valence-corrected chi connectivity index (χ2v) is 7.47. The highest BCUT2D eigenvalue weighted by Crippen LogP contribution is 2.26. The maximum atomic E-state index is 13.7. The number of halogens is 2. The van der Waals surface area contributed by atoms with E-state index in [1.54, 1.807) is 18.2 Å². The molecule has 1 unspecified atom stereocenters. The lowest BCUT2D eigenvalue weighted by Crippen LogP contribution is -2.29. The Kier molecular flexibility index (Phi) is 6.50. The van der Waals surface area contributed by atoms with Gasteiger partial charge < -0.3 is 15.0 Å². The third-order valence-electron chi connectivity index (χ3n) is 4.63. The molecule has 0 spiro atoms. The van der Waals surface area contributed by atoms with E-state index >= 15 is 0 Å². The van der Waals surface area contributed by atoms with E-state index in [-0.39, 0.29) is 11.7 Å². The van der Waals surface area contributed by atoms with Crippen LogP contribution in [0.25, 0.3) is 6.08 Å². The Balaban J connectivity index is 1.47. The summed E-state index contributed by atoms with van der Waals surface area (Å²) >= 11 is 3.50. The molecule has 3 rings (SSSR count). The molecule has 2 aromatic carbocycles. The lowest BCUT2D eigenvalue weighted by molar-refractivity contribution is -0.116. The number of nitrogens with zero attached hydrogens (tertiary/aromatic N) is 1. The van der Waals surface area contributed by atoms with Crippen molar-refractivity contribution in [3.63, 3.8) is 0 Å². The van der Waals surface area contributed by atoms with Crippen LogP contribution >= 0.6 is 15.9 Å². The first-order chi connectivity index (χ1) is 13.0. The van der Waals surface area contributed by atoms with Gasteiger partial charge in [-0.1, -0.05) is 28.1 Å². The highest BCUT2D eigenvalue weighted by molar-refractivity contribution is 9.10. The van der Waals surface area contributed by atoms with Crippen molar-refractivity contribution in [3.05, 3.63) is 64.4 Å². The SMILES string of the molecule is COc1ccc(/C=C/C(=O)NCC2CCN(c3cccc(Br)c3)C2)cc1F. The number of benzene rings is 2. The zero-order chi connectivity index (χ0) is 19.2. The van der Waals surface area contributed by atoms with Gasteiger partial charge in [0, 0.05) is 35.9 Å². The van der Waals surface area contributed by atoms with Gasteiger partial charge in [-0.3, -0.25) is 4.79 Å². The summed E-state index contributed by atoms with van der Waals surface area (Å²) in [7, 11) is 1.42. The largest absolute Gasteiger partial charge is 0.494 e.